The summed E-state index contributed by atoms with van der Waals surface area (Å²) in [5, 5.41) is 11.2. The molecular formula is C11H8ClN2O2. The summed E-state index contributed by atoms with van der Waals surface area (Å²) in [6.07, 6.45) is 1.30. The van der Waals surface area contributed by atoms with E-state index in [2.05, 4.69) is 9.97 Å². The lowest BCUT2D eigenvalue weighted by atomic mass is 10.2. The third-order valence-electron chi connectivity index (χ3n) is 1.95. The van der Waals surface area contributed by atoms with Crippen LogP contribution in [0.3, 0.4) is 0 Å². The van der Waals surface area contributed by atoms with Crippen LogP contribution < -0.4 is 4.74 Å². The van der Waals surface area contributed by atoms with Crippen molar-refractivity contribution in [3.05, 3.63) is 47.4 Å². The Kier molecular flexibility index (Phi) is 3.34. The molecule has 1 radical (unpaired) electrons. The summed E-state index contributed by atoms with van der Waals surface area (Å²) < 4.78 is 5.45. The normalized spacial score (nSPS) is 10.1. The van der Waals surface area contributed by atoms with Gasteiger partial charge in [-0.3, -0.25) is 0 Å². The fourth-order valence-corrected chi connectivity index (χ4v) is 1.35. The molecular weight excluding hydrogens is 228 g/mol. The van der Waals surface area contributed by atoms with Gasteiger partial charge < -0.3 is 4.74 Å². The Morgan fingerprint density at radius 1 is 1.25 bits per heavy atom. The van der Waals surface area contributed by atoms with Gasteiger partial charge in [-0.2, -0.15) is 0 Å². The monoisotopic (exact) mass is 235 g/mol. The number of hydrogen-bond acceptors (Lipinski definition) is 3. The number of benzene rings is 1. The van der Waals surface area contributed by atoms with Crippen LogP contribution in [0.4, 0.5) is 0 Å². The molecule has 2 rings (SSSR count). The van der Waals surface area contributed by atoms with Gasteiger partial charge in [-0.25, -0.2) is 15.1 Å². The number of para-hydroxylation sites is 1. The highest BCUT2D eigenvalue weighted by Crippen LogP contribution is 2.24. The fraction of sp³-hybridized carbons (Fsp3) is 0.0909. The molecule has 0 N–H and O–H groups in total. The maximum absolute atomic E-state index is 10.9. The van der Waals surface area contributed by atoms with Gasteiger partial charge in [-0.15, -0.1) is 0 Å². The third kappa shape index (κ3) is 2.48. The maximum atomic E-state index is 10.9. The van der Waals surface area contributed by atoms with Gasteiger partial charge in [0.1, 0.15) is 23.8 Å². The third-order valence-corrected chi connectivity index (χ3v) is 2.16. The quantitative estimate of drug-likeness (QED) is 0.769. The van der Waals surface area contributed by atoms with Gasteiger partial charge in [0, 0.05) is 11.6 Å². The predicted molar refractivity (Wildman–Crippen MR) is 57.9 cm³/mol. The van der Waals surface area contributed by atoms with Crippen molar-refractivity contribution in [1.82, 2.24) is 9.97 Å². The molecule has 0 saturated carbocycles. The zero-order chi connectivity index (χ0) is 11.4. The highest BCUT2D eigenvalue weighted by Gasteiger charge is 2.05. The Morgan fingerprint density at radius 3 is 2.81 bits per heavy atom. The molecule has 16 heavy (non-hydrogen) atoms. The smallest absolute Gasteiger partial charge is 0.223 e. The van der Waals surface area contributed by atoms with Crippen molar-refractivity contribution in [3.63, 3.8) is 0 Å². The lowest BCUT2D eigenvalue weighted by molar-refractivity contribution is 0.175. The second kappa shape index (κ2) is 4.92. The Morgan fingerprint density at radius 2 is 2.06 bits per heavy atom. The minimum absolute atomic E-state index is 0.296. The first-order valence-corrected chi connectivity index (χ1v) is 4.99. The highest BCUT2D eigenvalue weighted by molar-refractivity contribution is 6.29. The number of hydrogen-bond donors (Lipinski definition) is 0. The summed E-state index contributed by atoms with van der Waals surface area (Å²) in [5.41, 5.74) is 0.581. The van der Waals surface area contributed by atoms with Gasteiger partial charge in [-0.1, -0.05) is 29.8 Å². The van der Waals surface area contributed by atoms with E-state index < -0.39 is 0 Å². The molecule has 0 spiro atoms. The number of rotatable bonds is 3. The van der Waals surface area contributed by atoms with E-state index >= 15 is 0 Å². The molecule has 0 aliphatic carbocycles. The SMILES string of the molecule is [O]Cc1ccccc1Oc1cc(Cl)ncn1. The Labute approximate surface area is 97.5 Å². The zero-order valence-electron chi connectivity index (χ0n) is 8.26. The molecule has 0 aliphatic heterocycles. The molecule has 0 bridgehead atoms. The highest BCUT2D eigenvalue weighted by atomic mass is 35.5. The van der Waals surface area contributed by atoms with Gasteiger partial charge in [0.25, 0.3) is 0 Å². The second-order valence-electron chi connectivity index (χ2n) is 3.03. The number of aromatic nitrogens is 2. The molecule has 1 aromatic heterocycles. The van der Waals surface area contributed by atoms with Gasteiger partial charge in [0.05, 0.1) is 0 Å². The van der Waals surface area contributed by atoms with Gasteiger partial charge in [0.15, 0.2) is 0 Å². The van der Waals surface area contributed by atoms with E-state index in [1.54, 1.807) is 24.3 Å². The Hall–Kier alpha value is -1.65. The van der Waals surface area contributed by atoms with Crippen LogP contribution >= 0.6 is 11.6 Å². The van der Waals surface area contributed by atoms with Crippen molar-refractivity contribution in [2.24, 2.45) is 0 Å². The summed E-state index contributed by atoms with van der Waals surface area (Å²) in [5.74, 6) is 0.813. The van der Waals surface area contributed by atoms with Crippen LogP contribution in [0, 0.1) is 0 Å². The lowest BCUT2D eigenvalue weighted by Crippen LogP contribution is -1.93. The van der Waals surface area contributed by atoms with Gasteiger partial charge >= 0.3 is 0 Å². The maximum Gasteiger partial charge on any atom is 0.223 e. The van der Waals surface area contributed by atoms with Crippen molar-refractivity contribution < 1.29 is 9.84 Å². The molecule has 0 atom stereocenters. The lowest BCUT2D eigenvalue weighted by Gasteiger charge is -2.07. The molecule has 1 heterocycles. The topological polar surface area (TPSA) is 54.9 Å². The summed E-state index contributed by atoms with van der Waals surface area (Å²) in [7, 11) is 0. The van der Waals surface area contributed by atoms with Crippen LogP contribution in [0.25, 0.3) is 0 Å². The van der Waals surface area contributed by atoms with E-state index in [0.717, 1.165) is 0 Å². The van der Waals surface area contributed by atoms with E-state index in [1.165, 1.54) is 12.4 Å². The fourth-order valence-electron chi connectivity index (χ4n) is 1.21. The summed E-state index contributed by atoms with van der Waals surface area (Å²) in [6.45, 7) is -0.338. The first-order chi connectivity index (χ1) is 7.79. The van der Waals surface area contributed by atoms with Crippen molar-refractivity contribution in [2.45, 2.75) is 6.61 Å². The molecule has 0 amide bonds. The largest absolute Gasteiger partial charge is 0.438 e. The van der Waals surface area contributed by atoms with Crippen LogP contribution in [-0.2, 0) is 11.7 Å². The minimum Gasteiger partial charge on any atom is -0.438 e. The van der Waals surface area contributed by atoms with Crippen molar-refractivity contribution in [1.29, 1.82) is 0 Å². The molecule has 0 fully saturated rings. The van der Waals surface area contributed by atoms with E-state index in [-0.39, 0.29) is 6.61 Å². The molecule has 0 unspecified atom stereocenters. The zero-order valence-corrected chi connectivity index (χ0v) is 9.02. The molecule has 81 valence electrons. The van der Waals surface area contributed by atoms with Crippen LogP contribution in [0.2, 0.25) is 5.15 Å². The number of nitrogens with zero attached hydrogens (tertiary/aromatic N) is 2. The van der Waals surface area contributed by atoms with Crippen molar-refractivity contribution in [2.75, 3.05) is 0 Å². The standard InChI is InChI=1S/C11H8ClN2O2/c12-10-5-11(14-7-13-10)16-9-4-2-1-3-8(9)6-15/h1-5,7H,6H2. The molecule has 0 aliphatic rings. The Bertz CT molecular complexity index is 491. The molecule has 4 nitrogen and oxygen atoms in total. The van der Waals surface area contributed by atoms with Crippen molar-refractivity contribution >= 4 is 11.6 Å². The minimum atomic E-state index is -0.338. The molecule has 2 aromatic rings. The van der Waals surface area contributed by atoms with Gasteiger partial charge in [-0.05, 0) is 6.07 Å². The summed E-state index contributed by atoms with van der Waals surface area (Å²) in [6, 6.07) is 8.49. The summed E-state index contributed by atoms with van der Waals surface area (Å²) >= 11 is 5.69. The predicted octanol–water partition coefficient (Wildman–Crippen LogP) is 2.85. The average Bonchev–Trinajstić information content (AvgIpc) is 2.30. The summed E-state index contributed by atoms with van der Waals surface area (Å²) in [4.78, 5) is 7.63. The first-order valence-electron chi connectivity index (χ1n) is 4.61. The Balaban J connectivity index is 2.26. The molecule has 1 aromatic carbocycles. The van der Waals surface area contributed by atoms with Crippen molar-refractivity contribution in [3.8, 4) is 11.6 Å². The van der Waals surface area contributed by atoms with E-state index in [0.29, 0.717) is 22.3 Å². The average molecular weight is 236 g/mol. The van der Waals surface area contributed by atoms with Crippen LogP contribution in [0.5, 0.6) is 11.6 Å². The number of halogens is 1. The van der Waals surface area contributed by atoms with Gasteiger partial charge in [0.2, 0.25) is 5.88 Å². The second-order valence-corrected chi connectivity index (χ2v) is 3.42. The van der Waals surface area contributed by atoms with E-state index in [1.807, 2.05) is 0 Å². The van der Waals surface area contributed by atoms with Crippen LogP contribution in [-0.4, -0.2) is 9.97 Å². The van der Waals surface area contributed by atoms with E-state index in [9.17, 15) is 5.11 Å². The van der Waals surface area contributed by atoms with Crippen LogP contribution in [0.1, 0.15) is 5.56 Å². The number of ether oxygens (including phenoxy) is 1. The van der Waals surface area contributed by atoms with Crippen LogP contribution in [0.15, 0.2) is 36.7 Å². The molecule has 0 saturated heterocycles. The first kappa shape index (κ1) is 10.9. The van der Waals surface area contributed by atoms with E-state index in [4.69, 9.17) is 16.3 Å². The molecule has 5 heteroatoms.